The molecule has 0 aliphatic carbocycles. The molecule has 0 bridgehead atoms. The van der Waals surface area contributed by atoms with Gasteiger partial charge >= 0.3 is 18.2 Å². The van der Waals surface area contributed by atoms with E-state index in [2.05, 4.69) is 20.2 Å². The molecular weight excluding hydrogens is 395 g/mol. The fraction of sp³-hybridized carbons (Fsp3) is 0.647. The second kappa shape index (κ2) is 9.25. The summed E-state index contributed by atoms with van der Waals surface area (Å²) in [4.78, 5) is 33.1. The number of hydrogen-bond donors (Lipinski definition) is 2. The van der Waals surface area contributed by atoms with E-state index in [1.54, 1.807) is 31.4 Å². The number of ether oxygens (including phenoxy) is 1. The van der Waals surface area contributed by atoms with Gasteiger partial charge in [-0.3, -0.25) is 0 Å². The highest BCUT2D eigenvalue weighted by atomic mass is 19.4. The van der Waals surface area contributed by atoms with Gasteiger partial charge in [0.15, 0.2) is 0 Å². The minimum atomic E-state index is -5.08. The highest BCUT2D eigenvalue weighted by Gasteiger charge is 2.44. The summed E-state index contributed by atoms with van der Waals surface area (Å²) in [5.41, 5.74) is -0.193. The summed E-state index contributed by atoms with van der Waals surface area (Å²) in [7, 11) is 3.52. The molecule has 1 aromatic heterocycles. The van der Waals surface area contributed by atoms with Crippen molar-refractivity contribution in [2.75, 3.05) is 38.7 Å². The molecule has 2 atom stereocenters. The van der Waals surface area contributed by atoms with Crippen LogP contribution in [-0.4, -0.2) is 83.6 Å². The molecule has 2 fully saturated rings. The zero-order valence-electron chi connectivity index (χ0n) is 16.1. The molecule has 3 rings (SSSR count). The Bertz CT molecular complexity index is 704. The molecule has 2 aliphatic rings. The third-order valence-corrected chi connectivity index (χ3v) is 4.62. The van der Waals surface area contributed by atoms with Crippen molar-refractivity contribution in [1.29, 1.82) is 0 Å². The molecule has 9 nitrogen and oxygen atoms in total. The van der Waals surface area contributed by atoms with Gasteiger partial charge in [0.25, 0.3) is 0 Å². The van der Waals surface area contributed by atoms with Crippen molar-refractivity contribution in [3.63, 3.8) is 0 Å². The predicted octanol–water partition coefficient (Wildman–Crippen LogP) is 1.51. The van der Waals surface area contributed by atoms with Crippen LogP contribution in [0.25, 0.3) is 0 Å². The number of carboxylic acids is 1. The maximum Gasteiger partial charge on any atom is 0.490 e. The number of aliphatic carboxylic acids is 1. The molecular formula is C17H24F3N5O4. The van der Waals surface area contributed by atoms with Crippen molar-refractivity contribution >= 4 is 17.9 Å². The lowest BCUT2D eigenvalue weighted by molar-refractivity contribution is -0.192. The van der Waals surface area contributed by atoms with Crippen molar-refractivity contribution in [2.45, 2.75) is 37.1 Å². The van der Waals surface area contributed by atoms with Gasteiger partial charge in [0.05, 0.1) is 12.1 Å². The Morgan fingerprint density at radius 3 is 2.52 bits per heavy atom. The molecule has 2 amide bonds. The SMILES string of the molecule is CN(C)C(=O)N[C@@H]1CCO[C@]2(CCN(c3ncccn3)C2)C1.O=C(O)C(F)(F)F. The third kappa shape index (κ3) is 6.44. The maximum atomic E-state index is 11.8. The van der Waals surface area contributed by atoms with Crippen LogP contribution < -0.4 is 10.2 Å². The first-order valence-corrected chi connectivity index (χ1v) is 8.96. The number of carbonyl (C=O) groups is 2. The molecule has 2 aliphatic heterocycles. The highest BCUT2D eigenvalue weighted by molar-refractivity contribution is 5.74. The molecule has 0 aromatic carbocycles. The van der Waals surface area contributed by atoms with E-state index >= 15 is 0 Å². The summed E-state index contributed by atoms with van der Waals surface area (Å²) in [6.07, 6.45) is 1.09. The zero-order chi connectivity index (χ0) is 21.7. The molecule has 0 radical (unpaired) electrons. The number of alkyl halides is 3. The lowest BCUT2D eigenvalue weighted by atomic mass is 9.89. The quantitative estimate of drug-likeness (QED) is 0.748. The van der Waals surface area contributed by atoms with Crippen LogP contribution in [0.2, 0.25) is 0 Å². The van der Waals surface area contributed by atoms with Gasteiger partial charge in [-0.05, 0) is 25.3 Å². The summed E-state index contributed by atoms with van der Waals surface area (Å²) >= 11 is 0. The minimum absolute atomic E-state index is 0.0386. The summed E-state index contributed by atoms with van der Waals surface area (Å²) < 4.78 is 37.8. The number of aromatic nitrogens is 2. The molecule has 1 aromatic rings. The Kier molecular flexibility index (Phi) is 7.22. The minimum Gasteiger partial charge on any atom is -0.475 e. The lowest BCUT2D eigenvalue weighted by Gasteiger charge is -2.38. The molecule has 1 spiro atoms. The van der Waals surface area contributed by atoms with E-state index in [1.807, 2.05) is 6.07 Å². The first-order valence-electron chi connectivity index (χ1n) is 8.96. The van der Waals surface area contributed by atoms with Crippen LogP contribution in [0.15, 0.2) is 18.5 Å². The summed E-state index contributed by atoms with van der Waals surface area (Å²) in [5.74, 6) is -2.00. The average molecular weight is 419 g/mol. The number of anilines is 1. The molecule has 0 unspecified atom stereocenters. The number of nitrogens with zero attached hydrogens (tertiary/aromatic N) is 4. The smallest absolute Gasteiger partial charge is 0.475 e. The van der Waals surface area contributed by atoms with Gasteiger partial charge in [0, 0.05) is 45.7 Å². The Labute approximate surface area is 165 Å². The van der Waals surface area contributed by atoms with E-state index in [1.165, 1.54) is 0 Å². The second-order valence-corrected chi connectivity index (χ2v) is 7.09. The number of carboxylic acid groups (broad SMARTS) is 1. The van der Waals surface area contributed by atoms with Crippen molar-refractivity contribution in [3.8, 4) is 0 Å². The maximum absolute atomic E-state index is 11.8. The van der Waals surface area contributed by atoms with E-state index in [0.717, 1.165) is 38.3 Å². The van der Waals surface area contributed by atoms with E-state index < -0.39 is 12.1 Å². The first kappa shape index (κ1) is 22.7. The van der Waals surface area contributed by atoms with E-state index in [4.69, 9.17) is 14.6 Å². The van der Waals surface area contributed by atoms with Crippen LogP contribution in [0.5, 0.6) is 0 Å². The summed E-state index contributed by atoms with van der Waals surface area (Å²) in [6.45, 7) is 2.35. The standard InChI is InChI=1S/C15H23N5O2.C2HF3O2/c1-19(2)14(21)18-12-4-9-22-15(10-12)5-8-20(11-15)13-16-6-3-7-17-13;3-2(4,5)1(6)7/h3,6-7,12H,4-5,8-11H2,1-2H3,(H,18,21);(H,6,7)/t12-,15-;/m1./s1. The lowest BCUT2D eigenvalue weighted by Crippen LogP contribution is -2.51. The van der Waals surface area contributed by atoms with Crippen LogP contribution in [0.4, 0.5) is 23.9 Å². The van der Waals surface area contributed by atoms with Gasteiger partial charge < -0.3 is 25.0 Å². The van der Waals surface area contributed by atoms with Gasteiger partial charge in [0.2, 0.25) is 5.95 Å². The predicted molar refractivity (Wildman–Crippen MR) is 96.5 cm³/mol. The Morgan fingerprint density at radius 2 is 1.97 bits per heavy atom. The van der Waals surface area contributed by atoms with Gasteiger partial charge in [-0.15, -0.1) is 0 Å². The van der Waals surface area contributed by atoms with Crippen molar-refractivity contribution in [2.24, 2.45) is 0 Å². The number of rotatable bonds is 2. The van der Waals surface area contributed by atoms with Crippen LogP contribution in [0.3, 0.4) is 0 Å². The first-order chi connectivity index (χ1) is 13.5. The number of halogens is 3. The van der Waals surface area contributed by atoms with E-state index in [0.29, 0.717) is 6.61 Å². The van der Waals surface area contributed by atoms with Crippen molar-refractivity contribution in [1.82, 2.24) is 20.2 Å². The normalized spacial score (nSPS) is 23.9. The Morgan fingerprint density at radius 1 is 1.34 bits per heavy atom. The monoisotopic (exact) mass is 419 g/mol. The highest BCUT2D eigenvalue weighted by Crippen LogP contribution is 2.35. The number of amides is 2. The molecule has 12 heteroatoms. The van der Waals surface area contributed by atoms with Crippen molar-refractivity contribution < 1.29 is 32.6 Å². The number of urea groups is 1. The molecule has 162 valence electrons. The van der Waals surface area contributed by atoms with Crippen LogP contribution in [0, 0.1) is 0 Å². The topological polar surface area (TPSA) is 108 Å². The van der Waals surface area contributed by atoms with Gasteiger partial charge in [-0.25, -0.2) is 19.6 Å². The van der Waals surface area contributed by atoms with Crippen molar-refractivity contribution in [3.05, 3.63) is 18.5 Å². The average Bonchev–Trinajstić information content (AvgIpc) is 3.05. The van der Waals surface area contributed by atoms with E-state index in [9.17, 15) is 18.0 Å². The van der Waals surface area contributed by atoms with Gasteiger partial charge in [-0.1, -0.05) is 0 Å². The largest absolute Gasteiger partial charge is 0.490 e. The third-order valence-electron chi connectivity index (χ3n) is 4.62. The number of nitrogens with one attached hydrogen (secondary N) is 1. The van der Waals surface area contributed by atoms with Crippen LogP contribution in [-0.2, 0) is 9.53 Å². The number of carbonyl (C=O) groups excluding carboxylic acids is 1. The summed E-state index contributed by atoms with van der Waals surface area (Å²) in [6, 6.07) is 1.95. The molecule has 29 heavy (non-hydrogen) atoms. The fourth-order valence-corrected chi connectivity index (χ4v) is 3.21. The Balaban J connectivity index is 0.000000370. The number of hydrogen-bond acceptors (Lipinski definition) is 6. The molecule has 0 saturated carbocycles. The van der Waals surface area contributed by atoms with Crippen LogP contribution in [0.1, 0.15) is 19.3 Å². The molecule has 3 heterocycles. The molecule has 2 saturated heterocycles. The Hall–Kier alpha value is -2.63. The zero-order valence-corrected chi connectivity index (χ0v) is 16.1. The van der Waals surface area contributed by atoms with E-state index in [-0.39, 0.29) is 17.7 Å². The second-order valence-electron chi connectivity index (χ2n) is 7.09. The van der Waals surface area contributed by atoms with Gasteiger partial charge in [0.1, 0.15) is 0 Å². The van der Waals surface area contributed by atoms with Crippen LogP contribution >= 0.6 is 0 Å². The molecule has 2 N–H and O–H groups in total. The summed E-state index contributed by atoms with van der Waals surface area (Å²) in [5, 5.41) is 10.2. The fourth-order valence-electron chi connectivity index (χ4n) is 3.21. The van der Waals surface area contributed by atoms with Gasteiger partial charge in [-0.2, -0.15) is 13.2 Å².